The molecule has 1 saturated carbocycles. The lowest BCUT2D eigenvalue weighted by Gasteiger charge is -2.42. The summed E-state index contributed by atoms with van der Waals surface area (Å²) in [6.07, 6.45) is 9.05. The third-order valence-electron chi connectivity index (χ3n) is 9.37. The van der Waals surface area contributed by atoms with Gasteiger partial charge in [-0.25, -0.2) is 9.59 Å². The number of carbonyl (C=O) groups is 4. The molecule has 51 heavy (non-hydrogen) atoms. The van der Waals surface area contributed by atoms with E-state index in [0.29, 0.717) is 45.5 Å². The largest absolute Gasteiger partial charge is 0.460 e. The Kier molecular flexibility index (Phi) is 15.6. The number of amides is 3. The molecule has 2 aliphatic heterocycles. The standard InChI is InChI=1S/C38H67N5O8/c1-36(2,3)49-31(44)26-30(41(10)27-16-12-11-13-17-27)32(45)43-22-15-14-18-28(43)21-25-48-29-19-23-42(24-20-29)33(39-34(46)50-37(4,5)6)40-35(47)51-38(7,8)9/h27-30H,11-26H2,1-10H3,(H,39,40,46,47)/t28-,30-/m0/s1. The number of likely N-dealkylation sites (N-methyl/N-ethyl adjacent to an activating group) is 1. The number of hydrogen-bond acceptors (Lipinski definition) is 9. The zero-order chi connectivity index (χ0) is 38.0. The van der Waals surface area contributed by atoms with Crippen molar-refractivity contribution in [2.45, 2.75) is 180 Å². The molecule has 0 aromatic carbocycles. The van der Waals surface area contributed by atoms with Crippen molar-refractivity contribution in [2.75, 3.05) is 33.3 Å². The number of aliphatic imine (C=N–C) groups is 1. The van der Waals surface area contributed by atoms with Crippen LogP contribution >= 0.6 is 0 Å². The molecule has 292 valence electrons. The van der Waals surface area contributed by atoms with E-state index < -0.39 is 35.0 Å². The Labute approximate surface area is 306 Å². The number of piperidine rings is 2. The van der Waals surface area contributed by atoms with Crippen LogP contribution in [0.2, 0.25) is 0 Å². The number of nitrogens with one attached hydrogen (secondary N) is 1. The van der Waals surface area contributed by atoms with Crippen molar-refractivity contribution in [3.63, 3.8) is 0 Å². The summed E-state index contributed by atoms with van der Waals surface area (Å²) in [6, 6.07) is -0.237. The first-order valence-corrected chi connectivity index (χ1v) is 19.1. The number of rotatable bonds is 9. The second-order valence-electron chi connectivity index (χ2n) is 17.3. The van der Waals surface area contributed by atoms with Gasteiger partial charge in [0.15, 0.2) is 0 Å². The van der Waals surface area contributed by atoms with E-state index in [9.17, 15) is 19.2 Å². The third kappa shape index (κ3) is 15.3. The van der Waals surface area contributed by atoms with Gasteiger partial charge in [-0.2, -0.15) is 0 Å². The first-order chi connectivity index (χ1) is 23.7. The number of likely N-dealkylation sites (tertiary alicyclic amines) is 2. The van der Waals surface area contributed by atoms with Crippen LogP contribution in [0.1, 0.15) is 139 Å². The second-order valence-corrected chi connectivity index (χ2v) is 17.3. The number of carbonyl (C=O) groups excluding carboxylic acids is 4. The number of ether oxygens (including phenoxy) is 4. The number of guanidine groups is 1. The normalized spacial score (nSPS) is 20.9. The van der Waals surface area contributed by atoms with Crippen LogP contribution in [-0.2, 0) is 28.5 Å². The summed E-state index contributed by atoms with van der Waals surface area (Å²) in [5.41, 5.74) is -2.07. The SMILES string of the molecule is CN(C1CCCCC1)[C@@H](CC(=O)OC(C)(C)C)C(=O)N1CCCC[C@H]1CCOC1CCN(C(=NC(=O)OC(C)(C)C)NC(=O)OC(C)(C)C)CC1. The highest BCUT2D eigenvalue weighted by Crippen LogP contribution is 2.28. The smallest absolute Gasteiger partial charge is 0.437 e. The van der Waals surface area contributed by atoms with Gasteiger partial charge in [-0.05, 0) is 121 Å². The van der Waals surface area contributed by atoms with Crippen LogP contribution in [0, 0.1) is 0 Å². The number of alkyl carbamates (subject to hydrolysis) is 1. The van der Waals surface area contributed by atoms with Gasteiger partial charge in [0.25, 0.3) is 0 Å². The van der Waals surface area contributed by atoms with Crippen LogP contribution in [-0.4, -0.2) is 119 Å². The second kappa shape index (κ2) is 18.7. The van der Waals surface area contributed by atoms with Crippen molar-refractivity contribution in [3.05, 3.63) is 0 Å². The van der Waals surface area contributed by atoms with Crippen LogP contribution in [0.3, 0.4) is 0 Å². The Bertz CT molecular complexity index is 1190. The Morgan fingerprint density at radius 2 is 1.35 bits per heavy atom. The van der Waals surface area contributed by atoms with E-state index in [4.69, 9.17) is 18.9 Å². The summed E-state index contributed by atoms with van der Waals surface area (Å²) in [6.45, 7) is 18.3. The molecule has 1 aliphatic carbocycles. The van der Waals surface area contributed by atoms with Gasteiger partial charge in [-0.3, -0.25) is 19.8 Å². The minimum Gasteiger partial charge on any atom is -0.460 e. The summed E-state index contributed by atoms with van der Waals surface area (Å²) in [7, 11) is 2.00. The number of nitrogens with zero attached hydrogens (tertiary/aromatic N) is 4. The molecule has 3 rings (SSSR count). The Morgan fingerprint density at radius 1 is 0.765 bits per heavy atom. The van der Waals surface area contributed by atoms with Crippen molar-refractivity contribution in [1.82, 2.24) is 20.0 Å². The highest BCUT2D eigenvalue weighted by atomic mass is 16.6. The fourth-order valence-electron chi connectivity index (χ4n) is 7.02. The van der Waals surface area contributed by atoms with Crippen molar-refractivity contribution >= 4 is 30.0 Å². The highest BCUT2D eigenvalue weighted by Gasteiger charge is 2.38. The summed E-state index contributed by atoms with van der Waals surface area (Å²) in [5.74, 6) is -0.235. The Hall–Kier alpha value is -2.93. The van der Waals surface area contributed by atoms with E-state index >= 15 is 0 Å². The Morgan fingerprint density at radius 3 is 1.94 bits per heavy atom. The van der Waals surface area contributed by atoms with Crippen LogP contribution in [0.4, 0.5) is 9.59 Å². The lowest BCUT2D eigenvalue weighted by molar-refractivity contribution is -0.160. The molecule has 3 amide bonds. The van der Waals surface area contributed by atoms with Crippen molar-refractivity contribution in [3.8, 4) is 0 Å². The minimum atomic E-state index is -0.795. The molecule has 0 spiro atoms. The van der Waals surface area contributed by atoms with Gasteiger partial charge in [-0.15, -0.1) is 4.99 Å². The molecule has 0 unspecified atom stereocenters. The summed E-state index contributed by atoms with van der Waals surface area (Å²) in [4.78, 5) is 62.6. The van der Waals surface area contributed by atoms with E-state index in [2.05, 4.69) is 15.2 Å². The molecule has 0 bridgehead atoms. The summed E-state index contributed by atoms with van der Waals surface area (Å²) in [5, 5.41) is 2.64. The highest BCUT2D eigenvalue weighted by molar-refractivity contribution is 5.99. The van der Waals surface area contributed by atoms with Gasteiger partial charge in [0, 0.05) is 38.3 Å². The predicted octanol–water partition coefficient (Wildman–Crippen LogP) is 6.42. The van der Waals surface area contributed by atoms with Gasteiger partial charge >= 0.3 is 18.2 Å². The zero-order valence-electron chi connectivity index (χ0n) is 33.2. The van der Waals surface area contributed by atoms with Crippen LogP contribution in [0.15, 0.2) is 4.99 Å². The average Bonchev–Trinajstić information content (AvgIpc) is 3.01. The molecule has 2 saturated heterocycles. The van der Waals surface area contributed by atoms with E-state index in [1.165, 1.54) is 6.42 Å². The summed E-state index contributed by atoms with van der Waals surface area (Å²) < 4.78 is 22.8. The molecule has 2 atom stereocenters. The number of hydrogen-bond donors (Lipinski definition) is 1. The van der Waals surface area contributed by atoms with Gasteiger partial charge in [0.1, 0.15) is 16.8 Å². The Balaban J connectivity index is 1.61. The molecule has 0 aromatic rings. The van der Waals surface area contributed by atoms with E-state index in [-0.39, 0.29) is 42.4 Å². The van der Waals surface area contributed by atoms with Gasteiger partial charge in [-0.1, -0.05) is 19.3 Å². The molecule has 3 aliphatic rings. The summed E-state index contributed by atoms with van der Waals surface area (Å²) >= 11 is 0. The van der Waals surface area contributed by atoms with Crippen molar-refractivity contribution in [2.24, 2.45) is 4.99 Å². The molecule has 13 heteroatoms. The van der Waals surface area contributed by atoms with E-state index in [0.717, 1.165) is 44.9 Å². The quantitative estimate of drug-likeness (QED) is 0.123. The lowest BCUT2D eigenvalue weighted by Crippen LogP contribution is -2.56. The molecule has 3 fully saturated rings. The molecule has 1 N–H and O–H groups in total. The first kappa shape index (κ1) is 42.5. The maximum Gasteiger partial charge on any atom is 0.437 e. The van der Waals surface area contributed by atoms with Gasteiger partial charge in [0.05, 0.1) is 18.6 Å². The maximum atomic E-state index is 14.3. The minimum absolute atomic E-state index is 0.0150. The van der Waals surface area contributed by atoms with Gasteiger partial charge in [0.2, 0.25) is 11.9 Å². The molecule has 0 aromatic heterocycles. The first-order valence-electron chi connectivity index (χ1n) is 19.1. The third-order valence-corrected chi connectivity index (χ3v) is 9.37. The van der Waals surface area contributed by atoms with Crippen molar-refractivity contribution in [1.29, 1.82) is 0 Å². The average molecular weight is 722 g/mol. The topological polar surface area (TPSA) is 139 Å². The van der Waals surface area contributed by atoms with Crippen molar-refractivity contribution < 1.29 is 38.1 Å². The van der Waals surface area contributed by atoms with Crippen LogP contribution in [0.5, 0.6) is 0 Å². The van der Waals surface area contributed by atoms with E-state index in [1.807, 2.05) is 37.6 Å². The number of esters is 1. The molecule has 13 nitrogen and oxygen atoms in total. The molecule has 0 radical (unpaired) electrons. The molecule has 2 heterocycles. The van der Waals surface area contributed by atoms with Crippen LogP contribution in [0.25, 0.3) is 0 Å². The van der Waals surface area contributed by atoms with E-state index in [1.54, 1.807) is 41.5 Å². The zero-order valence-corrected chi connectivity index (χ0v) is 33.2. The lowest BCUT2D eigenvalue weighted by atomic mass is 9.92. The van der Waals surface area contributed by atoms with Gasteiger partial charge < -0.3 is 28.7 Å². The molecular weight excluding hydrogens is 654 g/mol. The van der Waals surface area contributed by atoms with Crippen LogP contribution < -0.4 is 5.32 Å². The maximum absolute atomic E-state index is 14.3. The fraction of sp³-hybridized carbons (Fsp3) is 0.868. The monoisotopic (exact) mass is 721 g/mol. The predicted molar refractivity (Wildman–Crippen MR) is 196 cm³/mol. The molecular formula is C38H67N5O8. The fourth-order valence-corrected chi connectivity index (χ4v) is 7.02.